The fourth-order valence-electron chi connectivity index (χ4n) is 3.02. The van der Waals surface area contributed by atoms with Crippen LogP contribution in [0.3, 0.4) is 0 Å². The van der Waals surface area contributed by atoms with Crippen molar-refractivity contribution in [2.75, 3.05) is 6.54 Å². The molecule has 0 spiro atoms. The first-order valence-corrected chi connectivity index (χ1v) is 10.6. The van der Waals surface area contributed by atoms with E-state index in [9.17, 15) is 43.3 Å². The van der Waals surface area contributed by atoms with Gasteiger partial charge in [-0.05, 0) is 25.3 Å². The number of aliphatic hydroxyl groups is 2. The molecular formula is C17H17FN3Na2O10P. The Balaban J connectivity index is 0.00000289. The van der Waals surface area contributed by atoms with Crippen LogP contribution >= 0.6 is 7.60 Å². The SMILES string of the molecule is O=C(NC[C@H]1O[C@@H](n2ccc(=O)[nH]c2=O)[C@H](O)[C@@H]1O)OC(c1ccc(F)cc1)P(=O)([O-])[O-].[Na+].[Na+]. The normalized spacial score (nSPS) is 22.7. The van der Waals surface area contributed by atoms with E-state index in [0.717, 1.165) is 41.1 Å². The van der Waals surface area contributed by atoms with Crippen LogP contribution in [0.2, 0.25) is 0 Å². The molecule has 1 aromatic heterocycles. The number of benzene rings is 1. The molecule has 174 valence electrons. The van der Waals surface area contributed by atoms with Gasteiger partial charge in [-0.1, -0.05) is 12.1 Å². The zero-order valence-electron chi connectivity index (χ0n) is 18.0. The van der Waals surface area contributed by atoms with Gasteiger partial charge in [-0.3, -0.25) is 14.3 Å². The van der Waals surface area contributed by atoms with Crippen molar-refractivity contribution < 1.29 is 102 Å². The average Bonchev–Trinajstić information content (AvgIpc) is 2.99. The van der Waals surface area contributed by atoms with Crippen molar-refractivity contribution in [3.8, 4) is 0 Å². The summed E-state index contributed by atoms with van der Waals surface area (Å²) >= 11 is 0. The number of rotatable bonds is 6. The number of nitrogens with one attached hydrogen (secondary N) is 2. The minimum Gasteiger partial charge on any atom is -0.808 e. The molecular weight excluding hydrogens is 502 g/mol. The molecule has 34 heavy (non-hydrogen) atoms. The van der Waals surface area contributed by atoms with Gasteiger partial charge >= 0.3 is 70.9 Å². The van der Waals surface area contributed by atoms with Gasteiger partial charge in [0.2, 0.25) is 0 Å². The number of aromatic amines is 1. The molecule has 1 saturated heterocycles. The van der Waals surface area contributed by atoms with E-state index in [1.54, 1.807) is 0 Å². The number of H-pyrrole nitrogens is 1. The third-order valence-electron chi connectivity index (χ3n) is 4.57. The first-order valence-electron chi connectivity index (χ1n) is 9.02. The summed E-state index contributed by atoms with van der Waals surface area (Å²) in [5.74, 6) is -2.94. The Morgan fingerprint density at radius 1 is 1.21 bits per heavy atom. The van der Waals surface area contributed by atoms with Gasteiger partial charge in [-0.15, -0.1) is 0 Å². The summed E-state index contributed by atoms with van der Waals surface area (Å²) in [5, 5.41) is 22.4. The summed E-state index contributed by atoms with van der Waals surface area (Å²) < 4.78 is 35.3. The van der Waals surface area contributed by atoms with E-state index < -0.39 is 67.7 Å². The van der Waals surface area contributed by atoms with Crippen LogP contribution in [-0.4, -0.2) is 50.7 Å². The van der Waals surface area contributed by atoms with Gasteiger partial charge in [0.15, 0.2) is 12.1 Å². The summed E-state index contributed by atoms with van der Waals surface area (Å²) in [5.41, 5.74) is -1.88. The number of aromatic nitrogens is 2. The third-order valence-corrected chi connectivity index (χ3v) is 5.55. The van der Waals surface area contributed by atoms with Gasteiger partial charge in [-0.2, -0.15) is 0 Å². The molecule has 1 fully saturated rings. The van der Waals surface area contributed by atoms with Gasteiger partial charge in [0.1, 0.15) is 24.1 Å². The van der Waals surface area contributed by atoms with Crippen molar-refractivity contribution in [3.05, 3.63) is 68.7 Å². The second-order valence-electron chi connectivity index (χ2n) is 6.79. The predicted molar refractivity (Wildman–Crippen MR) is 98.5 cm³/mol. The fourth-order valence-corrected chi connectivity index (χ4v) is 3.79. The number of carbonyl (C=O) groups is 1. The number of hydrogen-bond acceptors (Lipinski definition) is 10. The smallest absolute Gasteiger partial charge is 0.808 e. The maximum atomic E-state index is 13.0. The Kier molecular flexibility index (Phi) is 11.8. The number of hydrogen-bond donors (Lipinski definition) is 4. The van der Waals surface area contributed by atoms with Gasteiger partial charge in [0.25, 0.3) is 5.56 Å². The van der Waals surface area contributed by atoms with E-state index >= 15 is 0 Å². The molecule has 17 heteroatoms. The van der Waals surface area contributed by atoms with Crippen LogP contribution in [-0.2, 0) is 14.0 Å². The Labute approximate surface area is 235 Å². The van der Waals surface area contributed by atoms with E-state index in [2.05, 4.69) is 10.1 Å². The quantitative estimate of drug-likeness (QED) is 0.209. The zero-order valence-corrected chi connectivity index (χ0v) is 22.9. The standard InChI is InChI=1S/C17H19FN3O10P.2Na/c18-9-3-1-8(2-4-9)15(32(27,28)29)31-17(26)19-7-10-12(23)13(24)14(30-10)21-6-5-11(22)20-16(21)25;;/h1-6,10,12-15,23-24H,7H2,(H,19,26)(H,20,22,25)(H2,27,28,29);;/q;2*+1/p-2/t10-,12-,13-,14-,15?;;/m1../s1. The van der Waals surface area contributed by atoms with E-state index in [-0.39, 0.29) is 64.7 Å². The number of halogens is 1. The molecule has 1 aliphatic rings. The van der Waals surface area contributed by atoms with Crippen LogP contribution < -0.4 is 85.5 Å². The molecule has 1 unspecified atom stereocenters. The number of alkyl carbamates (subject to hydrolysis) is 1. The Bertz CT molecular complexity index is 1140. The van der Waals surface area contributed by atoms with Crippen LogP contribution in [0, 0.1) is 5.82 Å². The van der Waals surface area contributed by atoms with Gasteiger partial charge in [0.05, 0.1) is 0 Å². The first kappa shape index (κ1) is 31.2. The van der Waals surface area contributed by atoms with Crippen molar-refractivity contribution >= 4 is 13.7 Å². The molecule has 3 rings (SSSR count). The molecule has 0 aliphatic carbocycles. The summed E-state index contributed by atoms with van der Waals surface area (Å²) in [6.07, 6.45) is -6.20. The average molecular weight is 519 g/mol. The molecule has 2 heterocycles. The molecule has 0 bridgehead atoms. The molecule has 1 aromatic carbocycles. The molecule has 0 saturated carbocycles. The second-order valence-corrected chi connectivity index (χ2v) is 8.34. The van der Waals surface area contributed by atoms with Crippen LogP contribution in [0.5, 0.6) is 0 Å². The predicted octanol–water partition coefficient (Wildman–Crippen LogP) is -8.36. The number of ether oxygens (including phenoxy) is 2. The maximum Gasteiger partial charge on any atom is 1.00 e. The molecule has 2 aromatic rings. The number of nitrogens with zero attached hydrogens (tertiary/aromatic N) is 1. The van der Waals surface area contributed by atoms with E-state index in [1.165, 1.54) is 0 Å². The first-order chi connectivity index (χ1) is 15.0. The van der Waals surface area contributed by atoms with Gasteiger partial charge < -0.3 is 39.4 Å². The van der Waals surface area contributed by atoms with Crippen molar-refractivity contribution in [2.24, 2.45) is 0 Å². The largest absolute Gasteiger partial charge is 1.00 e. The van der Waals surface area contributed by atoms with Crippen molar-refractivity contribution in [1.82, 2.24) is 14.9 Å². The van der Waals surface area contributed by atoms with Crippen LogP contribution in [0.15, 0.2) is 46.1 Å². The summed E-state index contributed by atoms with van der Waals surface area (Å²) in [7, 11) is -5.49. The van der Waals surface area contributed by atoms with Crippen LogP contribution in [0.1, 0.15) is 17.6 Å². The topological polar surface area (TPSA) is 206 Å². The van der Waals surface area contributed by atoms with Gasteiger partial charge in [-0.25, -0.2) is 14.0 Å². The molecule has 5 atom stereocenters. The Morgan fingerprint density at radius 3 is 2.38 bits per heavy atom. The Hall–Kier alpha value is -0.870. The third kappa shape index (κ3) is 7.56. The minimum atomic E-state index is -5.49. The molecule has 4 N–H and O–H groups in total. The Morgan fingerprint density at radius 2 is 1.82 bits per heavy atom. The zero-order chi connectivity index (χ0) is 23.6. The van der Waals surface area contributed by atoms with Crippen LogP contribution in [0.4, 0.5) is 9.18 Å². The molecule has 1 amide bonds. The van der Waals surface area contributed by atoms with Gasteiger partial charge in [0, 0.05) is 18.8 Å². The van der Waals surface area contributed by atoms with Crippen molar-refractivity contribution in [2.45, 2.75) is 30.4 Å². The number of aliphatic hydroxyl groups excluding tert-OH is 2. The van der Waals surface area contributed by atoms with E-state index in [0.29, 0.717) is 0 Å². The van der Waals surface area contributed by atoms with Crippen LogP contribution in [0.25, 0.3) is 0 Å². The number of amides is 1. The second kappa shape index (κ2) is 12.9. The summed E-state index contributed by atoms with van der Waals surface area (Å²) in [4.78, 5) is 60.0. The number of carbonyl (C=O) groups excluding carboxylic acids is 1. The molecule has 0 radical (unpaired) electrons. The van der Waals surface area contributed by atoms with E-state index in [4.69, 9.17) is 4.74 Å². The summed E-state index contributed by atoms with van der Waals surface area (Å²) in [6, 6.07) is 4.67. The van der Waals surface area contributed by atoms with E-state index in [1.807, 2.05) is 4.98 Å². The summed E-state index contributed by atoms with van der Waals surface area (Å²) in [6.45, 7) is -0.510. The minimum absolute atomic E-state index is 0. The monoisotopic (exact) mass is 519 g/mol. The molecule has 13 nitrogen and oxygen atoms in total. The molecule has 1 aliphatic heterocycles. The fraction of sp³-hybridized carbons (Fsp3) is 0.353. The maximum absolute atomic E-state index is 13.0. The van der Waals surface area contributed by atoms with Crippen molar-refractivity contribution in [1.29, 1.82) is 0 Å². The van der Waals surface area contributed by atoms with Crippen molar-refractivity contribution in [3.63, 3.8) is 0 Å².